The summed E-state index contributed by atoms with van der Waals surface area (Å²) in [5, 5.41) is 0. The fourth-order valence-corrected chi connectivity index (χ4v) is 4.54. The van der Waals surface area contributed by atoms with Gasteiger partial charge in [0.25, 0.3) is 0 Å². The van der Waals surface area contributed by atoms with Crippen LogP contribution in [0.15, 0.2) is 0 Å². The van der Waals surface area contributed by atoms with Crippen molar-refractivity contribution in [3.8, 4) is 0 Å². The highest BCUT2D eigenvalue weighted by Gasteiger charge is 2.28. The molecule has 28 heavy (non-hydrogen) atoms. The number of methoxy groups -OCH3 is 1. The van der Waals surface area contributed by atoms with E-state index in [2.05, 4.69) is 20.8 Å². The summed E-state index contributed by atoms with van der Waals surface area (Å²) < 4.78 is 6.22. The Balaban J connectivity index is 4.14. The van der Waals surface area contributed by atoms with E-state index in [-0.39, 0.29) is 5.60 Å². The van der Waals surface area contributed by atoms with Gasteiger partial charge in [0.05, 0.1) is 5.60 Å². The summed E-state index contributed by atoms with van der Waals surface area (Å²) in [5.41, 5.74) is 0.180. The van der Waals surface area contributed by atoms with Gasteiger partial charge in [0.2, 0.25) is 0 Å². The Morgan fingerprint density at radius 3 is 0.929 bits per heavy atom. The predicted octanol–water partition coefficient (Wildman–Crippen LogP) is 10.0. The van der Waals surface area contributed by atoms with Crippen molar-refractivity contribution in [1.82, 2.24) is 0 Å². The van der Waals surface area contributed by atoms with Crippen LogP contribution in [0.4, 0.5) is 0 Å². The van der Waals surface area contributed by atoms with Crippen molar-refractivity contribution in [2.24, 2.45) is 0 Å². The Bertz CT molecular complexity index is 288. The van der Waals surface area contributed by atoms with E-state index in [9.17, 15) is 0 Å². The average Bonchev–Trinajstić information content (AvgIpc) is 2.72. The van der Waals surface area contributed by atoms with Crippen LogP contribution in [0.5, 0.6) is 0 Å². The van der Waals surface area contributed by atoms with Crippen LogP contribution >= 0.6 is 0 Å². The van der Waals surface area contributed by atoms with E-state index >= 15 is 0 Å². The van der Waals surface area contributed by atoms with Crippen LogP contribution in [0.1, 0.15) is 162 Å². The summed E-state index contributed by atoms with van der Waals surface area (Å²) >= 11 is 0. The Labute approximate surface area is 179 Å². The Morgan fingerprint density at radius 1 is 0.393 bits per heavy atom. The first-order valence-corrected chi connectivity index (χ1v) is 13.3. The van der Waals surface area contributed by atoms with Gasteiger partial charge in [0.1, 0.15) is 0 Å². The summed E-state index contributed by atoms with van der Waals surface area (Å²) in [7, 11) is 1.99. The summed E-state index contributed by atoms with van der Waals surface area (Å²) in [4.78, 5) is 0. The standard InChI is InChI=1S/C27H56O/c1-5-8-11-14-16-18-20-23-26-27(28-4,24-21-13-10-7-3)25-22-19-17-15-12-9-6-2/h5-26H2,1-4H3. The first kappa shape index (κ1) is 28.0. The lowest BCUT2D eigenvalue weighted by Gasteiger charge is -2.33. The fraction of sp³-hybridized carbons (Fsp3) is 1.00. The maximum atomic E-state index is 6.22. The van der Waals surface area contributed by atoms with Crippen LogP contribution in [-0.4, -0.2) is 12.7 Å². The lowest BCUT2D eigenvalue weighted by molar-refractivity contribution is -0.0366. The molecule has 1 nitrogen and oxygen atoms in total. The topological polar surface area (TPSA) is 9.23 Å². The first-order chi connectivity index (χ1) is 13.7. The minimum Gasteiger partial charge on any atom is -0.378 e. The van der Waals surface area contributed by atoms with Gasteiger partial charge in [0.15, 0.2) is 0 Å². The molecule has 0 saturated carbocycles. The molecule has 0 aliphatic rings. The van der Waals surface area contributed by atoms with Gasteiger partial charge in [-0.25, -0.2) is 0 Å². The second-order valence-electron chi connectivity index (χ2n) is 9.29. The Kier molecular flexibility index (Phi) is 21.6. The fourth-order valence-electron chi connectivity index (χ4n) is 4.54. The summed E-state index contributed by atoms with van der Waals surface area (Å²) in [6.07, 6.45) is 30.4. The highest BCUT2D eigenvalue weighted by atomic mass is 16.5. The summed E-state index contributed by atoms with van der Waals surface area (Å²) in [6.45, 7) is 6.91. The van der Waals surface area contributed by atoms with Crippen LogP contribution in [0.3, 0.4) is 0 Å². The molecule has 0 spiro atoms. The molecule has 0 aliphatic carbocycles. The van der Waals surface area contributed by atoms with Crippen LogP contribution in [0.2, 0.25) is 0 Å². The second kappa shape index (κ2) is 21.7. The molecule has 0 bridgehead atoms. The molecule has 0 fully saturated rings. The molecule has 170 valence electrons. The first-order valence-electron chi connectivity index (χ1n) is 13.3. The smallest absolute Gasteiger partial charge is 0.0678 e. The number of unbranched alkanes of at least 4 members (excludes halogenated alkanes) is 16. The third-order valence-corrected chi connectivity index (χ3v) is 6.64. The molecule has 0 radical (unpaired) electrons. The van der Waals surface area contributed by atoms with Gasteiger partial charge in [-0.05, 0) is 19.3 Å². The summed E-state index contributed by atoms with van der Waals surface area (Å²) in [5.74, 6) is 0. The number of hydrogen-bond acceptors (Lipinski definition) is 1. The van der Waals surface area contributed by atoms with E-state index < -0.39 is 0 Å². The lowest BCUT2D eigenvalue weighted by Crippen LogP contribution is -2.31. The molecule has 0 aliphatic heterocycles. The van der Waals surface area contributed by atoms with E-state index in [0.29, 0.717) is 0 Å². The number of rotatable bonds is 23. The molecule has 1 heteroatoms. The molecule has 0 aromatic heterocycles. The van der Waals surface area contributed by atoms with E-state index in [1.807, 2.05) is 7.11 Å². The highest BCUT2D eigenvalue weighted by Crippen LogP contribution is 2.32. The van der Waals surface area contributed by atoms with Gasteiger partial charge in [-0.1, -0.05) is 143 Å². The lowest BCUT2D eigenvalue weighted by atomic mass is 9.84. The van der Waals surface area contributed by atoms with E-state index in [1.165, 1.54) is 141 Å². The van der Waals surface area contributed by atoms with Gasteiger partial charge < -0.3 is 4.74 Å². The van der Waals surface area contributed by atoms with Crippen LogP contribution in [0.25, 0.3) is 0 Å². The zero-order chi connectivity index (χ0) is 20.8. The van der Waals surface area contributed by atoms with Crippen LogP contribution < -0.4 is 0 Å². The molecular formula is C27H56O. The van der Waals surface area contributed by atoms with Gasteiger partial charge >= 0.3 is 0 Å². The minimum absolute atomic E-state index is 0.180. The molecule has 0 aromatic rings. The third kappa shape index (κ3) is 16.9. The van der Waals surface area contributed by atoms with E-state index in [4.69, 9.17) is 4.74 Å². The third-order valence-electron chi connectivity index (χ3n) is 6.64. The van der Waals surface area contributed by atoms with Crippen molar-refractivity contribution in [3.05, 3.63) is 0 Å². The maximum absolute atomic E-state index is 6.22. The highest BCUT2D eigenvalue weighted by molar-refractivity contribution is 4.81. The minimum atomic E-state index is 0.180. The molecule has 0 rings (SSSR count). The zero-order valence-corrected chi connectivity index (χ0v) is 20.5. The number of hydrogen-bond donors (Lipinski definition) is 0. The maximum Gasteiger partial charge on any atom is 0.0678 e. The van der Waals surface area contributed by atoms with E-state index in [0.717, 1.165) is 0 Å². The van der Waals surface area contributed by atoms with Crippen LogP contribution in [0, 0.1) is 0 Å². The van der Waals surface area contributed by atoms with Gasteiger partial charge in [0, 0.05) is 7.11 Å². The van der Waals surface area contributed by atoms with Crippen molar-refractivity contribution in [2.45, 2.75) is 168 Å². The van der Waals surface area contributed by atoms with Gasteiger partial charge in [-0.2, -0.15) is 0 Å². The van der Waals surface area contributed by atoms with E-state index in [1.54, 1.807) is 0 Å². The largest absolute Gasteiger partial charge is 0.378 e. The summed E-state index contributed by atoms with van der Waals surface area (Å²) in [6, 6.07) is 0. The molecular weight excluding hydrogens is 340 g/mol. The predicted molar refractivity (Wildman–Crippen MR) is 128 cm³/mol. The molecule has 1 unspecified atom stereocenters. The molecule has 0 aromatic carbocycles. The molecule has 1 atom stereocenters. The van der Waals surface area contributed by atoms with Crippen molar-refractivity contribution >= 4 is 0 Å². The van der Waals surface area contributed by atoms with Crippen LogP contribution in [-0.2, 0) is 4.74 Å². The average molecular weight is 397 g/mol. The zero-order valence-electron chi connectivity index (χ0n) is 20.5. The Morgan fingerprint density at radius 2 is 0.643 bits per heavy atom. The molecule has 0 amide bonds. The van der Waals surface area contributed by atoms with Crippen molar-refractivity contribution in [3.63, 3.8) is 0 Å². The normalized spacial score (nSPS) is 13.7. The van der Waals surface area contributed by atoms with Crippen molar-refractivity contribution in [1.29, 1.82) is 0 Å². The molecule has 0 saturated heterocycles. The van der Waals surface area contributed by atoms with Crippen molar-refractivity contribution in [2.75, 3.05) is 7.11 Å². The molecule has 0 N–H and O–H groups in total. The van der Waals surface area contributed by atoms with Gasteiger partial charge in [-0.3, -0.25) is 0 Å². The second-order valence-corrected chi connectivity index (χ2v) is 9.29. The molecule has 0 heterocycles. The quantitative estimate of drug-likeness (QED) is 0.156. The van der Waals surface area contributed by atoms with Gasteiger partial charge in [-0.15, -0.1) is 0 Å². The monoisotopic (exact) mass is 396 g/mol. The Hall–Kier alpha value is -0.0400. The van der Waals surface area contributed by atoms with Crippen molar-refractivity contribution < 1.29 is 4.74 Å². The number of ether oxygens (including phenoxy) is 1. The SMILES string of the molecule is CCCCCCCCCCC(CCCCCC)(CCCCCCCCC)OC.